The first kappa shape index (κ1) is 17.2. The molecule has 0 aromatic rings. The SMILES string of the molecule is CC(=O)N1CC(C(=O)N2CCC(C(=O)N3CCCC(C)C3)CC2)C1. The first-order valence-electron chi connectivity index (χ1n) is 9.28. The third-order valence-electron chi connectivity index (χ3n) is 5.80. The molecule has 3 aliphatic heterocycles. The molecule has 0 aliphatic carbocycles. The van der Waals surface area contributed by atoms with Gasteiger partial charge >= 0.3 is 0 Å². The van der Waals surface area contributed by atoms with Gasteiger partial charge in [-0.05, 0) is 31.6 Å². The first-order chi connectivity index (χ1) is 11.5. The lowest BCUT2D eigenvalue weighted by molar-refractivity contribution is -0.150. The lowest BCUT2D eigenvalue weighted by Crippen LogP contribution is -2.57. The summed E-state index contributed by atoms with van der Waals surface area (Å²) < 4.78 is 0. The van der Waals surface area contributed by atoms with Crippen molar-refractivity contribution in [3.05, 3.63) is 0 Å². The van der Waals surface area contributed by atoms with Crippen LogP contribution in [0.15, 0.2) is 0 Å². The van der Waals surface area contributed by atoms with E-state index in [9.17, 15) is 14.4 Å². The van der Waals surface area contributed by atoms with Crippen molar-refractivity contribution >= 4 is 17.7 Å². The zero-order chi connectivity index (χ0) is 17.3. The Morgan fingerprint density at radius 3 is 1.96 bits per heavy atom. The van der Waals surface area contributed by atoms with E-state index in [2.05, 4.69) is 6.92 Å². The Morgan fingerprint density at radius 1 is 0.750 bits per heavy atom. The summed E-state index contributed by atoms with van der Waals surface area (Å²) in [5.41, 5.74) is 0. The molecule has 0 N–H and O–H groups in total. The Balaban J connectivity index is 1.45. The number of piperidine rings is 2. The summed E-state index contributed by atoms with van der Waals surface area (Å²) in [6.45, 7) is 8.00. The van der Waals surface area contributed by atoms with Gasteiger partial charge in [-0.1, -0.05) is 6.92 Å². The molecule has 0 radical (unpaired) electrons. The van der Waals surface area contributed by atoms with Crippen molar-refractivity contribution in [2.45, 2.75) is 39.5 Å². The van der Waals surface area contributed by atoms with Crippen LogP contribution in [0.5, 0.6) is 0 Å². The van der Waals surface area contributed by atoms with Crippen molar-refractivity contribution in [2.24, 2.45) is 17.8 Å². The fraction of sp³-hybridized carbons (Fsp3) is 0.833. The van der Waals surface area contributed by atoms with Crippen LogP contribution < -0.4 is 0 Å². The van der Waals surface area contributed by atoms with E-state index in [0.717, 1.165) is 32.4 Å². The second-order valence-electron chi connectivity index (χ2n) is 7.75. The lowest BCUT2D eigenvalue weighted by atomic mass is 9.91. The summed E-state index contributed by atoms with van der Waals surface area (Å²) >= 11 is 0. The van der Waals surface area contributed by atoms with Crippen LogP contribution in [-0.4, -0.2) is 71.7 Å². The molecule has 0 bridgehead atoms. The van der Waals surface area contributed by atoms with E-state index in [0.29, 0.717) is 38.0 Å². The van der Waals surface area contributed by atoms with E-state index in [1.54, 1.807) is 11.8 Å². The van der Waals surface area contributed by atoms with Crippen LogP contribution in [0.2, 0.25) is 0 Å². The molecule has 3 heterocycles. The summed E-state index contributed by atoms with van der Waals surface area (Å²) in [6.07, 6.45) is 3.88. The van der Waals surface area contributed by atoms with Crippen LogP contribution in [0, 0.1) is 17.8 Å². The summed E-state index contributed by atoms with van der Waals surface area (Å²) in [5.74, 6) is 1.13. The summed E-state index contributed by atoms with van der Waals surface area (Å²) in [7, 11) is 0. The van der Waals surface area contributed by atoms with Crippen LogP contribution in [0.25, 0.3) is 0 Å². The highest BCUT2D eigenvalue weighted by molar-refractivity contribution is 5.84. The summed E-state index contributed by atoms with van der Waals surface area (Å²) in [6, 6.07) is 0. The first-order valence-corrected chi connectivity index (χ1v) is 9.28. The van der Waals surface area contributed by atoms with Gasteiger partial charge in [0.25, 0.3) is 0 Å². The lowest BCUT2D eigenvalue weighted by Gasteiger charge is -2.42. The molecule has 3 rings (SSSR count). The average Bonchev–Trinajstić information content (AvgIpc) is 2.52. The highest BCUT2D eigenvalue weighted by atomic mass is 16.2. The third kappa shape index (κ3) is 3.57. The Kier molecular flexibility index (Phi) is 5.11. The standard InChI is InChI=1S/C18H29N3O3/c1-13-4-3-7-20(10-13)17(23)15-5-8-19(9-6-15)18(24)16-11-21(12-16)14(2)22/h13,15-16H,3-12H2,1-2H3. The molecule has 6 nitrogen and oxygen atoms in total. The smallest absolute Gasteiger partial charge is 0.229 e. The number of nitrogens with zero attached hydrogens (tertiary/aromatic N) is 3. The Hall–Kier alpha value is -1.59. The summed E-state index contributed by atoms with van der Waals surface area (Å²) in [4.78, 5) is 42.0. The molecule has 0 aromatic carbocycles. The van der Waals surface area contributed by atoms with Crippen molar-refractivity contribution in [3.63, 3.8) is 0 Å². The van der Waals surface area contributed by atoms with E-state index in [1.165, 1.54) is 6.42 Å². The molecule has 3 aliphatic rings. The predicted octanol–water partition coefficient (Wildman–Crippen LogP) is 0.962. The maximum absolute atomic E-state index is 12.7. The normalized spacial score (nSPS) is 26.2. The fourth-order valence-corrected chi connectivity index (χ4v) is 4.14. The van der Waals surface area contributed by atoms with Crippen molar-refractivity contribution in [3.8, 4) is 0 Å². The van der Waals surface area contributed by atoms with Gasteiger partial charge in [0.2, 0.25) is 17.7 Å². The molecule has 3 saturated heterocycles. The monoisotopic (exact) mass is 335 g/mol. The minimum Gasteiger partial charge on any atom is -0.342 e. The number of rotatable bonds is 2. The molecule has 3 fully saturated rings. The quantitative estimate of drug-likeness (QED) is 0.755. The maximum Gasteiger partial charge on any atom is 0.229 e. The van der Waals surface area contributed by atoms with Crippen molar-refractivity contribution in [1.82, 2.24) is 14.7 Å². The molecule has 0 saturated carbocycles. The second-order valence-corrected chi connectivity index (χ2v) is 7.75. The molecular formula is C18H29N3O3. The number of likely N-dealkylation sites (tertiary alicyclic amines) is 3. The minimum absolute atomic E-state index is 0.0379. The number of carbonyl (C=O) groups is 3. The third-order valence-corrected chi connectivity index (χ3v) is 5.80. The molecule has 134 valence electrons. The Labute approximate surface area is 144 Å². The zero-order valence-electron chi connectivity index (χ0n) is 14.9. The van der Waals surface area contributed by atoms with Gasteiger partial charge in [-0.25, -0.2) is 0 Å². The highest BCUT2D eigenvalue weighted by Gasteiger charge is 2.38. The van der Waals surface area contributed by atoms with Crippen LogP contribution in [0.4, 0.5) is 0 Å². The number of hydrogen-bond donors (Lipinski definition) is 0. The van der Waals surface area contributed by atoms with Crippen molar-refractivity contribution < 1.29 is 14.4 Å². The Bertz CT molecular complexity index is 508. The van der Waals surface area contributed by atoms with Crippen LogP contribution >= 0.6 is 0 Å². The van der Waals surface area contributed by atoms with E-state index in [4.69, 9.17) is 0 Å². The van der Waals surface area contributed by atoms with Crippen LogP contribution in [0.1, 0.15) is 39.5 Å². The number of carbonyl (C=O) groups excluding carboxylic acids is 3. The van der Waals surface area contributed by atoms with E-state index < -0.39 is 0 Å². The topological polar surface area (TPSA) is 60.9 Å². The molecular weight excluding hydrogens is 306 g/mol. The van der Waals surface area contributed by atoms with Crippen LogP contribution in [-0.2, 0) is 14.4 Å². The predicted molar refractivity (Wildman–Crippen MR) is 90.0 cm³/mol. The molecule has 24 heavy (non-hydrogen) atoms. The zero-order valence-corrected chi connectivity index (χ0v) is 14.9. The molecule has 3 amide bonds. The van der Waals surface area contributed by atoms with Crippen molar-refractivity contribution in [1.29, 1.82) is 0 Å². The van der Waals surface area contributed by atoms with Gasteiger partial charge in [0, 0.05) is 52.1 Å². The van der Waals surface area contributed by atoms with E-state index in [1.807, 2.05) is 9.80 Å². The van der Waals surface area contributed by atoms with Crippen molar-refractivity contribution in [2.75, 3.05) is 39.3 Å². The molecule has 6 heteroatoms. The summed E-state index contributed by atoms with van der Waals surface area (Å²) in [5, 5.41) is 0. The molecule has 0 spiro atoms. The van der Waals surface area contributed by atoms with Gasteiger partial charge < -0.3 is 14.7 Å². The van der Waals surface area contributed by atoms with Gasteiger partial charge in [-0.15, -0.1) is 0 Å². The van der Waals surface area contributed by atoms with Gasteiger partial charge in [0.15, 0.2) is 0 Å². The molecule has 1 unspecified atom stereocenters. The van der Waals surface area contributed by atoms with Gasteiger partial charge in [-0.3, -0.25) is 14.4 Å². The molecule has 0 aromatic heterocycles. The average molecular weight is 335 g/mol. The number of amides is 3. The fourth-order valence-electron chi connectivity index (χ4n) is 4.14. The second kappa shape index (κ2) is 7.11. The van der Waals surface area contributed by atoms with Gasteiger partial charge in [0.05, 0.1) is 5.92 Å². The number of hydrogen-bond acceptors (Lipinski definition) is 3. The maximum atomic E-state index is 12.7. The van der Waals surface area contributed by atoms with E-state index in [-0.39, 0.29) is 23.7 Å². The van der Waals surface area contributed by atoms with Gasteiger partial charge in [-0.2, -0.15) is 0 Å². The molecule has 1 atom stereocenters. The highest BCUT2D eigenvalue weighted by Crippen LogP contribution is 2.26. The largest absolute Gasteiger partial charge is 0.342 e. The van der Waals surface area contributed by atoms with Crippen LogP contribution in [0.3, 0.4) is 0 Å². The minimum atomic E-state index is -0.0379. The van der Waals surface area contributed by atoms with Gasteiger partial charge in [0.1, 0.15) is 0 Å². The Morgan fingerprint density at radius 2 is 1.38 bits per heavy atom. The van der Waals surface area contributed by atoms with E-state index >= 15 is 0 Å².